The molecule has 4 heteroatoms. The van der Waals surface area contributed by atoms with Gasteiger partial charge in [-0.1, -0.05) is 47.5 Å². The van der Waals surface area contributed by atoms with Crippen molar-refractivity contribution in [1.29, 1.82) is 0 Å². The maximum Gasteiger partial charge on any atom is 0.0716 e. The quantitative estimate of drug-likeness (QED) is 0.859. The lowest BCUT2D eigenvalue weighted by molar-refractivity contribution is 0.184. The van der Waals surface area contributed by atoms with E-state index in [-0.39, 0.29) is 0 Å². The largest absolute Gasteiger partial charge is 0.381 e. The van der Waals surface area contributed by atoms with Gasteiger partial charge in [0.25, 0.3) is 0 Å². The standard InChI is InChI=1S/C15H15Cl2NO/c1-19-10-12-5-3-2-4-11(12)9-18-13-6-7-14(16)15(17)8-13/h2-8,18H,9-10H2,1H3. The first-order valence-corrected chi connectivity index (χ1v) is 6.71. The van der Waals surface area contributed by atoms with E-state index in [0.29, 0.717) is 16.7 Å². The molecule has 0 bridgehead atoms. The number of hydrogen-bond acceptors (Lipinski definition) is 2. The van der Waals surface area contributed by atoms with Gasteiger partial charge in [-0.2, -0.15) is 0 Å². The van der Waals surface area contributed by atoms with Gasteiger partial charge in [-0.15, -0.1) is 0 Å². The second-order valence-electron chi connectivity index (χ2n) is 4.18. The van der Waals surface area contributed by atoms with Gasteiger partial charge in [-0.05, 0) is 29.3 Å². The number of methoxy groups -OCH3 is 1. The molecule has 0 radical (unpaired) electrons. The predicted molar refractivity (Wildman–Crippen MR) is 80.9 cm³/mol. The van der Waals surface area contributed by atoms with E-state index in [1.807, 2.05) is 24.3 Å². The zero-order valence-electron chi connectivity index (χ0n) is 10.6. The number of nitrogens with one attached hydrogen (secondary N) is 1. The second-order valence-corrected chi connectivity index (χ2v) is 5.00. The van der Waals surface area contributed by atoms with Crippen LogP contribution in [-0.4, -0.2) is 7.11 Å². The van der Waals surface area contributed by atoms with Gasteiger partial charge >= 0.3 is 0 Å². The van der Waals surface area contributed by atoms with Crippen molar-refractivity contribution in [2.75, 3.05) is 12.4 Å². The summed E-state index contributed by atoms with van der Waals surface area (Å²) in [5.74, 6) is 0. The minimum absolute atomic E-state index is 0.553. The van der Waals surface area contributed by atoms with Gasteiger partial charge in [0, 0.05) is 19.3 Å². The summed E-state index contributed by atoms with van der Waals surface area (Å²) in [6.07, 6.45) is 0. The molecule has 19 heavy (non-hydrogen) atoms. The molecule has 0 aromatic heterocycles. The zero-order valence-corrected chi connectivity index (χ0v) is 12.1. The maximum atomic E-state index is 5.98. The Morgan fingerprint density at radius 3 is 2.42 bits per heavy atom. The van der Waals surface area contributed by atoms with E-state index in [9.17, 15) is 0 Å². The fraction of sp³-hybridized carbons (Fsp3) is 0.200. The second kappa shape index (κ2) is 6.80. The number of rotatable bonds is 5. The third-order valence-electron chi connectivity index (χ3n) is 2.82. The number of ether oxygens (including phenoxy) is 1. The molecule has 0 spiro atoms. The molecule has 2 rings (SSSR count). The van der Waals surface area contributed by atoms with Crippen LogP contribution in [0, 0.1) is 0 Å². The van der Waals surface area contributed by atoms with Crippen molar-refractivity contribution in [2.24, 2.45) is 0 Å². The zero-order chi connectivity index (χ0) is 13.7. The molecule has 0 amide bonds. The molecule has 2 aromatic carbocycles. The summed E-state index contributed by atoms with van der Waals surface area (Å²) >= 11 is 11.9. The Hall–Kier alpha value is -1.22. The molecule has 1 N–H and O–H groups in total. The van der Waals surface area contributed by atoms with E-state index in [4.69, 9.17) is 27.9 Å². The van der Waals surface area contributed by atoms with Gasteiger partial charge in [-0.3, -0.25) is 0 Å². The van der Waals surface area contributed by atoms with Crippen molar-refractivity contribution < 1.29 is 4.74 Å². The first-order chi connectivity index (χ1) is 9.20. The highest BCUT2D eigenvalue weighted by molar-refractivity contribution is 6.42. The van der Waals surface area contributed by atoms with Gasteiger partial charge in [0.15, 0.2) is 0 Å². The summed E-state index contributed by atoms with van der Waals surface area (Å²) in [7, 11) is 1.70. The van der Waals surface area contributed by atoms with Crippen LogP contribution in [0.4, 0.5) is 5.69 Å². The third kappa shape index (κ3) is 3.87. The van der Waals surface area contributed by atoms with Crippen molar-refractivity contribution in [3.63, 3.8) is 0 Å². The molecule has 0 aliphatic carbocycles. The summed E-state index contributed by atoms with van der Waals surface area (Å²) in [4.78, 5) is 0. The van der Waals surface area contributed by atoms with Crippen LogP contribution in [0.1, 0.15) is 11.1 Å². The Morgan fingerprint density at radius 2 is 1.74 bits per heavy atom. The fourth-order valence-corrected chi connectivity index (χ4v) is 2.13. The van der Waals surface area contributed by atoms with E-state index in [2.05, 4.69) is 17.4 Å². The lowest BCUT2D eigenvalue weighted by Crippen LogP contribution is -2.03. The minimum atomic E-state index is 0.553. The Bertz CT molecular complexity index is 558. The first-order valence-electron chi connectivity index (χ1n) is 5.95. The molecule has 0 fully saturated rings. The fourth-order valence-electron chi connectivity index (χ4n) is 1.83. The monoisotopic (exact) mass is 295 g/mol. The van der Waals surface area contributed by atoms with Crippen LogP contribution >= 0.6 is 23.2 Å². The topological polar surface area (TPSA) is 21.3 Å². The van der Waals surface area contributed by atoms with Crippen LogP contribution in [0.2, 0.25) is 10.0 Å². The van der Waals surface area contributed by atoms with E-state index in [1.165, 1.54) is 11.1 Å². The average Bonchev–Trinajstić information content (AvgIpc) is 2.42. The van der Waals surface area contributed by atoms with Gasteiger partial charge in [0.2, 0.25) is 0 Å². The van der Waals surface area contributed by atoms with Crippen LogP contribution in [0.25, 0.3) is 0 Å². The highest BCUT2D eigenvalue weighted by atomic mass is 35.5. The lowest BCUT2D eigenvalue weighted by Gasteiger charge is -2.11. The molecule has 0 atom stereocenters. The predicted octanol–water partition coefficient (Wildman–Crippen LogP) is 4.75. The van der Waals surface area contributed by atoms with E-state index >= 15 is 0 Å². The van der Waals surface area contributed by atoms with Crippen molar-refractivity contribution in [2.45, 2.75) is 13.2 Å². The van der Waals surface area contributed by atoms with Gasteiger partial charge in [0.05, 0.1) is 16.7 Å². The number of hydrogen-bond donors (Lipinski definition) is 1. The summed E-state index contributed by atoms with van der Waals surface area (Å²) in [5, 5.41) is 4.44. The molecule has 0 saturated heterocycles. The van der Waals surface area contributed by atoms with E-state index < -0.39 is 0 Å². The van der Waals surface area contributed by atoms with Crippen molar-refractivity contribution in [3.05, 3.63) is 63.6 Å². The molecular formula is C15H15Cl2NO. The Balaban J connectivity index is 2.07. The van der Waals surface area contributed by atoms with Crippen LogP contribution in [0.3, 0.4) is 0 Å². The number of benzene rings is 2. The van der Waals surface area contributed by atoms with Crippen LogP contribution in [0.5, 0.6) is 0 Å². The van der Waals surface area contributed by atoms with Crippen molar-refractivity contribution >= 4 is 28.9 Å². The summed E-state index contributed by atoms with van der Waals surface area (Å²) in [6.45, 7) is 1.33. The lowest BCUT2D eigenvalue weighted by atomic mass is 10.1. The normalized spacial score (nSPS) is 10.5. The molecule has 0 aliphatic heterocycles. The minimum Gasteiger partial charge on any atom is -0.381 e. The van der Waals surface area contributed by atoms with Gasteiger partial charge < -0.3 is 10.1 Å². The molecule has 100 valence electrons. The van der Waals surface area contributed by atoms with Crippen LogP contribution < -0.4 is 5.32 Å². The molecular weight excluding hydrogens is 281 g/mol. The molecule has 0 unspecified atom stereocenters. The SMILES string of the molecule is COCc1ccccc1CNc1ccc(Cl)c(Cl)c1. The van der Waals surface area contributed by atoms with Crippen LogP contribution in [-0.2, 0) is 17.9 Å². The summed E-state index contributed by atoms with van der Waals surface area (Å²) < 4.78 is 5.19. The van der Waals surface area contributed by atoms with E-state index in [0.717, 1.165) is 12.2 Å². The number of anilines is 1. The van der Waals surface area contributed by atoms with Gasteiger partial charge in [-0.25, -0.2) is 0 Å². The molecule has 0 heterocycles. The Kier molecular flexibility index (Phi) is 5.08. The van der Waals surface area contributed by atoms with E-state index in [1.54, 1.807) is 13.2 Å². The average molecular weight is 296 g/mol. The Labute approximate surface area is 123 Å². The molecule has 2 nitrogen and oxygen atoms in total. The number of halogens is 2. The third-order valence-corrected chi connectivity index (χ3v) is 3.56. The van der Waals surface area contributed by atoms with Crippen LogP contribution in [0.15, 0.2) is 42.5 Å². The highest BCUT2D eigenvalue weighted by Crippen LogP contribution is 2.25. The van der Waals surface area contributed by atoms with Crippen molar-refractivity contribution in [3.8, 4) is 0 Å². The molecule has 0 aliphatic rings. The summed E-state index contributed by atoms with van der Waals surface area (Å²) in [6, 6.07) is 13.7. The van der Waals surface area contributed by atoms with Gasteiger partial charge in [0.1, 0.15) is 0 Å². The molecule has 2 aromatic rings. The summed E-state index contributed by atoms with van der Waals surface area (Å²) in [5.41, 5.74) is 3.33. The maximum absolute atomic E-state index is 5.98. The highest BCUT2D eigenvalue weighted by Gasteiger charge is 2.03. The Morgan fingerprint density at radius 1 is 1.00 bits per heavy atom. The first kappa shape index (κ1) is 14.2. The smallest absolute Gasteiger partial charge is 0.0716 e. The van der Waals surface area contributed by atoms with Crippen molar-refractivity contribution in [1.82, 2.24) is 0 Å². The molecule has 0 saturated carbocycles.